The largest absolute Gasteiger partial charge is 0.309 e. The fourth-order valence-electron chi connectivity index (χ4n) is 0.816. The van der Waals surface area contributed by atoms with Gasteiger partial charge in [0.2, 0.25) is 0 Å². The highest BCUT2D eigenvalue weighted by molar-refractivity contribution is 5.85. The van der Waals surface area contributed by atoms with Crippen molar-refractivity contribution >= 4 is 12.4 Å². The van der Waals surface area contributed by atoms with E-state index in [-0.39, 0.29) is 12.4 Å². The lowest BCUT2D eigenvalue weighted by Gasteiger charge is -2.09. The second-order valence-electron chi connectivity index (χ2n) is 3.34. The van der Waals surface area contributed by atoms with Crippen LogP contribution < -0.4 is 0 Å². The minimum Gasteiger partial charge on any atom is -0.309 e. The van der Waals surface area contributed by atoms with E-state index in [1.54, 1.807) is 0 Å². The van der Waals surface area contributed by atoms with Gasteiger partial charge in [0.05, 0.1) is 0 Å². The van der Waals surface area contributed by atoms with Crippen molar-refractivity contribution in [3.8, 4) is 0 Å². The van der Waals surface area contributed by atoms with Crippen LogP contribution in [0.4, 0.5) is 0 Å². The minimum atomic E-state index is 0. The highest BCUT2D eigenvalue weighted by Crippen LogP contribution is 2.02. The van der Waals surface area contributed by atoms with E-state index in [2.05, 4.69) is 32.8 Å². The van der Waals surface area contributed by atoms with Gasteiger partial charge in [-0.2, -0.15) is 0 Å². The monoisotopic (exact) mass is 165 g/mol. The molecule has 0 amide bonds. The molecule has 0 N–H and O–H groups in total. The van der Waals surface area contributed by atoms with E-state index in [9.17, 15) is 0 Å². The topological polar surface area (TPSA) is 3.24 Å². The van der Waals surface area contributed by atoms with Crippen LogP contribution in [0.25, 0.3) is 0 Å². The molecular formula is C8H20ClN. The van der Waals surface area contributed by atoms with Crippen LogP contribution in [0.2, 0.25) is 0 Å². The molecule has 1 nitrogen and oxygen atoms in total. The van der Waals surface area contributed by atoms with Crippen molar-refractivity contribution in [2.75, 3.05) is 20.6 Å². The zero-order valence-electron chi connectivity index (χ0n) is 7.55. The maximum atomic E-state index is 2.27. The van der Waals surface area contributed by atoms with Gasteiger partial charge in [-0.15, -0.1) is 12.4 Å². The van der Waals surface area contributed by atoms with Crippen LogP contribution in [0.15, 0.2) is 0 Å². The van der Waals surface area contributed by atoms with Crippen molar-refractivity contribution in [2.45, 2.75) is 26.7 Å². The zero-order chi connectivity index (χ0) is 7.28. The van der Waals surface area contributed by atoms with Gasteiger partial charge >= 0.3 is 0 Å². The summed E-state index contributed by atoms with van der Waals surface area (Å²) in [4.78, 5) is 2.24. The third kappa shape index (κ3) is 11.1. The van der Waals surface area contributed by atoms with Crippen molar-refractivity contribution in [1.82, 2.24) is 4.90 Å². The van der Waals surface area contributed by atoms with Crippen molar-refractivity contribution < 1.29 is 0 Å². The Morgan fingerprint density at radius 2 is 1.70 bits per heavy atom. The number of rotatable bonds is 4. The van der Waals surface area contributed by atoms with Gasteiger partial charge < -0.3 is 4.90 Å². The standard InChI is InChI=1S/C8H19N.ClH/c1-8(2)6-5-7-9(3)4;/h8H,5-7H2,1-4H3;1H. The van der Waals surface area contributed by atoms with Gasteiger partial charge in [0.1, 0.15) is 0 Å². The lowest BCUT2D eigenvalue weighted by atomic mass is 10.1. The molecule has 0 aromatic heterocycles. The minimum absolute atomic E-state index is 0. The first-order chi connectivity index (χ1) is 4.13. The summed E-state index contributed by atoms with van der Waals surface area (Å²) in [7, 11) is 4.25. The maximum absolute atomic E-state index is 2.27. The van der Waals surface area contributed by atoms with Gasteiger partial charge in [-0.25, -0.2) is 0 Å². The molecule has 0 aromatic rings. The average Bonchev–Trinajstić information content (AvgIpc) is 1.63. The summed E-state index contributed by atoms with van der Waals surface area (Å²) in [6.45, 7) is 5.78. The van der Waals surface area contributed by atoms with Crippen LogP contribution >= 0.6 is 12.4 Å². The second-order valence-corrected chi connectivity index (χ2v) is 3.34. The first kappa shape index (κ1) is 12.9. The molecule has 0 aromatic carbocycles. The summed E-state index contributed by atoms with van der Waals surface area (Å²) in [5, 5.41) is 0. The molecule has 0 atom stereocenters. The predicted molar refractivity (Wildman–Crippen MR) is 49.9 cm³/mol. The Balaban J connectivity index is 0. The van der Waals surface area contributed by atoms with E-state index in [1.165, 1.54) is 19.4 Å². The zero-order valence-corrected chi connectivity index (χ0v) is 8.37. The van der Waals surface area contributed by atoms with E-state index in [0.717, 1.165) is 5.92 Å². The molecule has 0 aliphatic heterocycles. The van der Waals surface area contributed by atoms with Crippen LogP contribution in [0, 0.1) is 5.92 Å². The molecule has 0 saturated carbocycles. The Labute approximate surface area is 71.2 Å². The highest BCUT2D eigenvalue weighted by atomic mass is 35.5. The second kappa shape index (κ2) is 7.36. The molecule has 0 bridgehead atoms. The van der Waals surface area contributed by atoms with Crippen molar-refractivity contribution in [3.05, 3.63) is 0 Å². The van der Waals surface area contributed by atoms with Gasteiger partial charge in [0, 0.05) is 0 Å². The quantitative estimate of drug-likeness (QED) is 0.619. The number of hydrogen-bond acceptors (Lipinski definition) is 1. The molecule has 2 heteroatoms. The Morgan fingerprint density at radius 1 is 1.20 bits per heavy atom. The van der Waals surface area contributed by atoms with Gasteiger partial charge in [-0.1, -0.05) is 13.8 Å². The molecule has 0 saturated heterocycles. The predicted octanol–water partition coefficient (Wildman–Crippen LogP) is 2.41. The van der Waals surface area contributed by atoms with Crippen molar-refractivity contribution in [1.29, 1.82) is 0 Å². The summed E-state index contributed by atoms with van der Waals surface area (Å²) in [6, 6.07) is 0. The third-order valence-electron chi connectivity index (χ3n) is 1.39. The van der Waals surface area contributed by atoms with Crippen LogP contribution in [-0.2, 0) is 0 Å². The normalized spacial score (nSPS) is 10.2. The fraction of sp³-hybridized carbons (Fsp3) is 1.00. The molecule has 0 spiro atoms. The lowest BCUT2D eigenvalue weighted by molar-refractivity contribution is 0.378. The molecule has 64 valence electrons. The molecule has 0 aliphatic rings. The Hall–Kier alpha value is 0.250. The van der Waals surface area contributed by atoms with E-state index in [1.807, 2.05) is 0 Å². The summed E-state index contributed by atoms with van der Waals surface area (Å²) >= 11 is 0. The summed E-state index contributed by atoms with van der Waals surface area (Å²) in [5.74, 6) is 0.866. The summed E-state index contributed by atoms with van der Waals surface area (Å²) in [6.07, 6.45) is 2.70. The smallest absolute Gasteiger partial charge is 0.00247 e. The van der Waals surface area contributed by atoms with E-state index >= 15 is 0 Å². The Morgan fingerprint density at radius 3 is 2.00 bits per heavy atom. The van der Waals surface area contributed by atoms with Crippen LogP contribution in [0.5, 0.6) is 0 Å². The maximum Gasteiger partial charge on any atom is -0.00247 e. The van der Waals surface area contributed by atoms with Crippen molar-refractivity contribution in [3.63, 3.8) is 0 Å². The number of halogens is 1. The number of hydrogen-bond donors (Lipinski definition) is 0. The third-order valence-corrected chi connectivity index (χ3v) is 1.39. The van der Waals surface area contributed by atoms with Crippen LogP contribution in [0.3, 0.4) is 0 Å². The van der Waals surface area contributed by atoms with E-state index in [4.69, 9.17) is 0 Å². The first-order valence-corrected chi connectivity index (χ1v) is 3.77. The van der Waals surface area contributed by atoms with E-state index < -0.39 is 0 Å². The molecule has 0 radical (unpaired) electrons. The molecule has 0 aliphatic carbocycles. The molecule has 0 fully saturated rings. The summed E-state index contributed by atoms with van der Waals surface area (Å²) < 4.78 is 0. The van der Waals surface area contributed by atoms with Gasteiger partial charge in [0.25, 0.3) is 0 Å². The number of nitrogens with zero attached hydrogens (tertiary/aromatic N) is 1. The Bertz CT molecular complexity index is 54.3. The summed E-state index contributed by atoms with van der Waals surface area (Å²) in [5.41, 5.74) is 0. The van der Waals surface area contributed by atoms with Crippen LogP contribution in [-0.4, -0.2) is 25.5 Å². The first-order valence-electron chi connectivity index (χ1n) is 3.77. The fourth-order valence-corrected chi connectivity index (χ4v) is 0.816. The lowest BCUT2D eigenvalue weighted by Crippen LogP contribution is -2.13. The average molecular weight is 166 g/mol. The van der Waals surface area contributed by atoms with Crippen molar-refractivity contribution in [2.24, 2.45) is 5.92 Å². The van der Waals surface area contributed by atoms with E-state index in [0.29, 0.717) is 0 Å². The molecule has 0 rings (SSSR count). The highest BCUT2D eigenvalue weighted by Gasteiger charge is 1.93. The Kier molecular flexibility index (Phi) is 9.48. The molecule has 10 heavy (non-hydrogen) atoms. The van der Waals surface area contributed by atoms with Gasteiger partial charge in [-0.05, 0) is 39.4 Å². The van der Waals surface area contributed by atoms with Gasteiger partial charge in [-0.3, -0.25) is 0 Å². The van der Waals surface area contributed by atoms with Crippen LogP contribution in [0.1, 0.15) is 26.7 Å². The molecule has 0 unspecified atom stereocenters. The molecular weight excluding hydrogens is 146 g/mol. The molecule has 0 heterocycles. The SMILES string of the molecule is CC(C)CCCN(C)C.Cl. The van der Waals surface area contributed by atoms with Gasteiger partial charge in [0.15, 0.2) is 0 Å².